The number of para-hydroxylation sites is 4. The van der Waals surface area contributed by atoms with Gasteiger partial charge in [0, 0.05) is 72.4 Å². The van der Waals surface area contributed by atoms with Crippen molar-refractivity contribution in [3.63, 3.8) is 0 Å². The summed E-state index contributed by atoms with van der Waals surface area (Å²) in [6.07, 6.45) is 0. The van der Waals surface area contributed by atoms with E-state index >= 15 is 0 Å². The van der Waals surface area contributed by atoms with E-state index in [2.05, 4.69) is 206 Å². The van der Waals surface area contributed by atoms with Gasteiger partial charge in [-0.25, -0.2) is 0 Å². The van der Waals surface area contributed by atoms with Crippen molar-refractivity contribution in [1.82, 2.24) is 9.13 Å². The smallest absolute Gasteiger partial charge is 0.252 e. The summed E-state index contributed by atoms with van der Waals surface area (Å²) in [5.74, 6) is 0. The van der Waals surface area contributed by atoms with E-state index in [4.69, 9.17) is 4.11 Å². The van der Waals surface area contributed by atoms with Gasteiger partial charge < -0.3 is 18.9 Å². The van der Waals surface area contributed by atoms with Crippen LogP contribution in [0.25, 0.3) is 122 Å². The fourth-order valence-corrected chi connectivity index (χ4v) is 18.3. The van der Waals surface area contributed by atoms with E-state index in [1.165, 1.54) is 0 Å². The molecule has 2 aliphatic heterocycles. The van der Waals surface area contributed by atoms with Crippen molar-refractivity contribution in [2.45, 2.75) is 31.6 Å². The third-order valence-corrected chi connectivity index (χ3v) is 22.8. The Balaban J connectivity index is 0.959. The lowest BCUT2D eigenvalue weighted by molar-refractivity contribution is 0.590. The zero-order valence-corrected chi connectivity index (χ0v) is 58.7. The number of aromatic nitrogens is 2. The van der Waals surface area contributed by atoms with Gasteiger partial charge in [0.05, 0.1) is 71.1 Å². The lowest BCUT2D eigenvalue weighted by atomic mass is 9.33. The molecule has 16 aromatic carbocycles. The van der Waals surface area contributed by atoms with E-state index in [0.717, 1.165) is 122 Å². The van der Waals surface area contributed by atoms with Crippen molar-refractivity contribution >= 4 is 101 Å². The Bertz CT molecular complexity index is 7650. The van der Waals surface area contributed by atoms with Crippen LogP contribution in [0.15, 0.2) is 358 Å². The molecule has 0 bridgehead atoms. The zero-order valence-electron chi connectivity index (χ0n) is 73.7. The van der Waals surface area contributed by atoms with Gasteiger partial charge in [-0.05, 0) is 184 Å². The number of nitriles is 1. The third-order valence-electron chi connectivity index (χ3n) is 22.8. The Hall–Kier alpha value is -13.7. The van der Waals surface area contributed by atoms with Crippen molar-refractivity contribution in [3.05, 3.63) is 391 Å². The molecule has 1 spiro atoms. The van der Waals surface area contributed by atoms with Crippen molar-refractivity contribution < 1.29 is 20.6 Å². The van der Waals surface area contributed by atoms with Crippen LogP contribution in [0.2, 0.25) is 0 Å². The van der Waals surface area contributed by atoms with Crippen LogP contribution in [0.1, 0.15) is 74.7 Å². The van der Waals surface area contributed by atoms with E-state index in [9.17, 15) is 21.7 Å². The average Bonchev–Trinajstić information content (AvgIpc) is 1.56. The number of nitrogens with zero attached hydrogens (tertiary/aromatic N) is 5. The van der Waals surface area contributed by atoms with Crippen LogP contribution in [0, 0.1) is 11.3 Å². The zero-order chi connectivity index (χ0) is 84.7. The second-order valence-corrected chi connectivity index (χ2v) is 29.3. The van der Waals surface area contributed by atoms with Crippen LogP contribution in [0.3, 0.4) is 0 Å². The van der Waals surface area contributed by atoms with Gasteiger partial charge in [-0.1, -0.05) is 294 Å². The summed E-state index contributed by atoms with van der Waals surface area (Å²) >= 11 is 0. The highest BCUT2D eigenvalue weighted by Crippen LogP contribution is 2.65. The van der Waals surface area contributed by atoms with E-state index in [0.29, 0.717) is 34.1 Å². The Labute approximate surface area is 649 Å². The van der Waals surface area contributed by atoms with Gasteiger partial charge in [0.1, 0.15) is 0 Å². The van der Waals surface area contributed by atoms with Crippen LogP contribution in [0.4, 0.5) is 34.1 Å². The summed E-state index contributed by atoms with van der Waals surface area (Å²) in [5, 5.41) is 10.4. The highest BCUT2D eigenvalue weighted by atomic mass is 15.2. The average molecular weight is 1390 g/mol. The standard InChI is InChI=1S/C102H68BN5/c1-101(2,3)69-50-56-92(82(60-69)67-31-11-6-12-32-67)107-94-61-70(106-91-48-24-18-38-80(91)83-57-64(63-104)49-55-93(83)106)51-53-87(94)103-88-54-52-71(105-89-46-22-16-36-78(89)79-37-17-23-47-90(79)105)62-95(88)108(100-73(65-27-7-4-8-28-65)40-26-41-74(100)66-29-9-5-10-30-66)97-59-68(58-96(107)99(97)103)72-39-25-42-81-77-35-15-21-45-86(77)102(98(72)81)84-43-19-13-33-75(84)76-34-14-20-44-85(76)102/h4-62H,1-3H3/i16D,17D,18D,22D,23D,24D,36D,37D,38D,46D,47D,48D,49D,55D,57D. The van der Waals surface area contributed by atoms with Crippen molar-refractivity contribution in [1.29, 1.82) is 5.26 Å². The van der Waals surface area contributed by atoms with E-state index in [1.54, 1.807) is 9.13 Å². The van der Waals surface area contributed by atoms with Crippen LogP contribution in [0.5, 0.6) is 0 Å². The summed E-state index contributed by atoms with van der Waals surface area (Å²) < 4.78 is 147. The van der Waals surface area contributed by atoms with Gasteiger partial charge in [-0.3, -0.25) is 0 Å². The number of hydrogen-bond donors (Lipinski definition) is 0. The Kier molecular flexibility index (Phi) is 10.5. The van der Waals surface area contributed by atoms with Gasteiger partial charge >= 0.3 is 0 Å². The van der Waals surface area contributed by atoms with Gasteiger partial charge in [-0.2, -0.15) is 5.26 Å². The molecule has 504 valence electrons. The molecular weight excluding hydrogens is 1310 g/mol. The molecular formula is C102H68BN5. The molecule has 0 radical (unpaired) electrons. The predicted molar refractivity (Wildman–Crippen MR) is 451 cm³/mol. The van der Waals surface area contributed by atoms with Gasteiger partial charge in [-0.15, -0.1) is 0 Å². The summed E-state index contributed by atoms with van der Waals surface area (Å²) in [7, 11) is 0. The normalized spacial score (nSPS) is 15.3. The maximum atomic E-state index is 10.7. The molecule has 0 amide bonds. The third kappa shape index (κ3) is 8.76. The Morgan fingerprint density at radius 2 is 0.787 bits per heavy atom. The molecule has 6 heteroatoms. The lowest BCUT2D eigenvalue weighted by Gasteiger charge is -2.46. The number of benzene rings is 16. The molecule has 4 aliphatic rings. The molecule has 22 rings (SSSR count). The molecule has 108 heavy (non-hydrogen) atoms. The molecule has 18 aromatic rings. The van der Waals surface area contributed by atoms with Gasteiger partial charge in [0.25, 0.3) is 6.71 Å². The minimum absolute atomic E-state index is 0.0598. The first-order chi connectivity index (χ1) is 59.4. The fourth-order valence-electron chi connectivity index (χ4n) is 18.3. The Morgan fingerprint density at radius 1 is 0.352 bits per heavy atom. The molecule has 5 nitrogen and oxygen atoms in total. The molecule has 0 atom stereocenters. The van der Waals surface area contributed by atoms with E-state index in [-0.39, 0.29) is 49.0 Å². The highest BCUT2D eigenvalue weighted by molar-refractivity contribution is 7.00. The Morgan fingerprint density at radius 3 is 1.31 bits per heavy atom. The number of rotatable bonds is 8. The van der Waals surface area contributed by atoms with Crippen molar-refractivity contribution in [2.24, 2.45) is 0 Å². The molecule has 2 aromatic heterocycles. The summed E-state index contributed by atoms with van der Waals surface area (Å²) in [6.45, 7) is 5.76. The largest absolute Gasteiger partial charge is 0.311 e. The first-order valence-corrected chi connectivity index (χ1v) is 36.3. The predicted octanol–water partition coefficient (Wildman–Crippen LogP) is 24.1. The summed E-state index contributed by atoms with van der Waals surface area (Å²) in [4.78, 5) is 4.64. The summed E-state index contributed by atoms with van der Waals surface area (Å²) in [6, 6.07) is 86.9. The van der Waals surface area contributed by atoms with E-state index in [1.807, 2.05) is 97.1 Å². The molecule has 2 aliphatic carbocycles. The van der Waals surface area contributed by atoms with Crippen LogP contribution >= 0.6 is 0 Å². The minimum atomic E-state index is -0.898. The van der Waals surface area contributed by atoms with Crippen LogP contribution in [-0.4, -0.2) is 15.8 Å². The number of hydrogen-bond acceptors (Lipinski definition) is 3. The van der Waals surface area contributed by atoms with Crippen LogP contribution in [-0.2, 0) is 10.8 Å². The summed E-state index contributed by atoms with van der Waals surface area (Å²) in [5.41, 5.74) is 21.6. The first-order valence-electron chi connectivity index (χ1n) is 43.8. The maximum absolute atomic E-state index is 10.7. The molecule has 0 saturated carbocycles. The SMILES string of the molecule is [2H]c1c([2H])c([2H])c2c(c1[2H])c1c([2H])c([2H])c([2H])c([2H])c1n2-c1ccc2c(c1)N(c1c(-c3ccccc3)cccc1-c1ccccc1)c1cc(-c3cccc4c3C3(c5ccccc5-c5ccccc53)c3ccccc3-4)cc3c1B2c1ccc(-n2c4c([2H])c([2H])c([2H])c([2H])c4c4c([2H])c(C#N)c([2H])c([2H])c42)cc1N3c1ccc(C(C)(C)C)cc1-c1ccccc1. The van der Waals surface area contributed by atoms with Gasteiger partial charge in [0.2, 0.25) is 0 Å². The highest BCUT2D eigenvalue weighted by Gasteiger charge is 2.53. The molecule has 0 fully saturated rings. The number of anilines is 6. The molecule has 0 unspecified atom stereocenters. The first kappa shape index (κ1) is 48.3. The fraction of sp³-hybridized carbons (Fsp3) is 0.0490. The topological polar surface area (TPSA) is 40.1 Å². The lowest BCUT2D eigenvalue weighted by Crippen LogP contribution is -2.61. The number of fused-ring (bicyclic) bond motifs is 20. The second kappa shape index (κ2) is 23.4. The molecule has 4 heterocycles. The monoisotopic (exact) mass is 1390 g/mol. The van der Waals surface area contributed by atoms with Crippen LogP contribution < -0.4 is 26.2 Å². The van der Waals surface area contributed by atoms with Crippen molar-refractivity contribution in [3.8, 4) is 84.2 Å². The van der Waals surface area contributed by atoms with Gasteiger partial charge in [0.15, 0.2) is 0 Å². The van der Waals surface area contributed by atoms with Crippen molar-refractivity contribution in [2.75, 3.05) is 9.80 Å². The minimum Gasteiger partial charge on any atom is -0.311 e. The quantitative estimate of drug-likeness (QED) is 0.142. The molecule has 0 saturated heterocycles. The second-order valence-electron chi connectivity index (χ2n) is 29.3. The van der Waals surface area contributed by atoms with E-state index < -0.39 is 108 Å². The molecule has 0 N–H and O–H groups in total. The maximum Gasteiger partial charge on any atom is 0.252 e.